The molecule has 4 aromatic rings. The van der Waals surface area contributed by atoms with Crippen molar-refractivity contribution in [3.63, 3.8) is 0 Å². The Labute approximate surface area is 265 Å². The molecule has 11 nitrogen and oxygen atoms in total. The fraction of sp³-hybridized carbons (Fsp3) is 0.400. The van der Waals surface area contributed by atoms with Gasteiger partial charge in [-0.1, -0.05) is 23.7 Å². The average molecular weight is 659 g/mol. The van der Waals surface area contributed by atoms with Gasteiger partial charge < -0.3 is 20.3 Å². The first-order valence-electron chi connectivity index (χ1n) is 14.1. The number of hydrogen-bond acceptors (Lipinski definition) is 9. The number of thiophene rings is 1. The van der Waals surface area contributed by atoms with Crippen LogP contribution < -0.4 is 5.73 Å². The maximum absolute atomic E-state index is 13.9. The monoisotopic (exact) mass is 658 g/mol. The van der Waals surface area contributed by atoms with E-state index < -0.39 is 27.8 Å². The third kappa shape index (κ3) is 6.75. The zero-order valence-electron chi connectivity index (χ0n) is 25.2. The number of piperazine rings is 1. The van der Waals surface area contributed by atoms with Crippen LogP contribution in [0.25, 0.3) is 21.0 Å². The van der Waals surface area contributed by atoms with Gasteiger partial charge in [0.1, 0.15) is 22.0 Å². The first-order valence-corrected chi connectivity index (χ1v) is 16.7. The molecule has 0 bridgehead atoms. The number of carbonyl (C=O) groups is 2. The number of anilines is 1. The molecule has 0 radical (unpaired) electrons. The van der Waals surface area contributed by atoms with Crippen LogP contribution in [0.1, 0.15) is 40.2 Å². The Morgan fingerprint density at radius 1 is 1.18 bits per heavy atom. The molecule has 44 heavy (non-hydrogen) atoms. The van der Waals surface area contributed by atoms with Crippen molar-refractivity contribution in [3.8, 4) is 0 Å². The van der Waals surface area contributed by atoms with Crippen LogP contribution in [0.4, 0.5) is 10.6 Å². The van der Waals surface area contributed by atoms with Crippen LogP contribution in [0, 0.1) is 0 Å². The maximum Gasteiger partial charge on any atom is 0.410 e. The average Bonchev–Trinajstić information content (AvgIpc) is 3.36. The Balaban J connectivity index is 1.49. The Morgan fingerprint density at radius 2 is 1.93 bits per heavy atom. The summed E-state index contributed by atoms with van der Waals surface area (Å²) in [6, 6.07) is 11.3. The van der Waals surface area contributed by atoms with E-state index >= 15 is 0 Å². The van der Waals surface area contributed by atoms with Crippen LogP contribution >= 0.6 is 22.9 Å². The highest BCUT2D eigenvalue weighted by Gasteiger charge is 2.41. The fourth-order valence-corrected chi connectivity index (χ4v) is 8.35. The zero-order chi connectivity index (χ0) is 32.0. The number of nitrogens with two attached hydrogens (primary N) is 1. The third-order valence-corrected chi connectivity index (χ3v) is 10.9. The first kappa shape index (κ1) is 31.9. The quantitative estimate of drug-likeness (QED) is 0.288. The molecule has 14 heteroatoms. The molecule has 1 saturated heterocycles. The van der Waals surface area contributed by atoms with Gasteiger partial charge in [-0.15, -0.1) is 11.3 Å². The van der Waals surface area contributed by atoms with Crippen LogP contribution in [0.5, 0.6) is 0 Å². The second-order valence-electron chi connectivity index (χ2n) is 12.1. The summed E-state index contributed by atoms with van der Waals surface area (Å²) in [5.41, 5.74) is 6.66. The van der Waals surface area contributed by atoms with Gasteiger partial charge in [-0.25, -0.2) is 23.2 Å². The van der Waals surface area contributed by atoms with Gasteiger partial charge in [0.15, 0.2) is 0 Å². The Morgan fingerprint density at radius 3 is 2.64 bits per heavy atom. The van der Waals surface area contributed by atoms with Gasteiger partial charge in [0, 0.05) is 40.8 Å². The van der Waals surface area contributed by atoms with E-state index in [4.69, 9.17) is 22.1 Å². The topological polar surface area (TPSA) is 139 Å². The third-order valence-electron chi connectivity index (χ3n) is 7.28. The molecule has 2 N–H and O–H groups in total. The van der Waals surface area contributed by atoms with E-state index in [1.165, 1.54) is 15.5 Å². The standard InChI is InChI=1S/C30H35ClN6O5S2/c1-18(2)36(29(39)42-30(3,4)5)15-22-14-35(44(40,41)27-11-20-7-8-21(31)12-25(20)43-27)16-26(38)37(22)13-19-6-9-23-24(10-19)33-17-34-28(23)32/h6-12,17-18,22H,13-16H2,1-5H3,(H2,32,33,34). The molecule has 1 unspecified atom stereocenters. The summed E-state index contributed by atoms with van der Waals surface area (Å²) >= 11 is 7.24. The maximum atomic E-state index is 13.9. The second-order valence-corrected chi connectivity index (χ2v) is 15.7. The van der Waals surface area contributed by atoms with Gasteiger partial charge in [0.25, 0.3) is 10.0 Å². The van der Waals surface area contributed by atoms with Crippen molar-refractivity contribution in [1.29, 1.82) is 0 Å². The number of nitrogens with zero attached hydrogens (tertiary/aromatic N) is 5. The molecule has 0 aliphatic carbocycles. The SMILES string of the molecule is CC(C)N(CC1CN(S(=O)(=O)c2cc3ccc(Cl)cc3s2)CC(=O)N1Cc1ccc2c(N)ncnc2c1)C(=O)OC(C)(C)C. The number of rotatable bonds is 7. The molecule has 1 aliphatic heterocycles. The normalized spacial score (nSPS) is 16.7. The Bertz CT molecular complexity index is 1840. The number of benzene rings is 2. The van der Waals surface area contributed by atoms with Gasteiger partial charge in [0.05, 0.1) is 18.1 Å². The molecule has 1 fully saturated rings. The summed E-state index contributed by atoms with van der Waals surface area (Å²) < 4.78 is 35.6. The number of nitrogen functional groups attached to an aromatic ring is 1. The lowest BCUT2D eigenvalue weighted by atomic mass is 10.1. The van der Waals surface area contributed by atoms with Gasteiger partial charge in [-0.3, -0.25) is 4.79 Å². The fourth-order valence-electron chi connectivity index (χ4n) is 5.10. The molecular formula is C30H35ClN6O5S2. The van der Waals surface area contributed by atoms with Crippen molar-refractivity contribution >= 4 is 71.8 Å². The van der Waals surface area contributed by atoms with E-state index in [9.17, 15) is 18.0 Å². The summed E-state index contributed by atoms with van der Waals surface area (Å²) in [4.78, 5) is 38.6. The van der Waals surface area contributed by atoms with Crippen molar-refractivity contribution in [1.82, 2.24) is 24.1 Å². The number of halogens is 1. The lowest BCUT2D eigenvalue weighted by Gasteiger charge is -2.43. The van der Waals surface area contributed by atoms with E-state index in [1.54, 1.807) is 56.0 Å². The Hall–Kier alpha value is -3.52. The van der Waals surface area contributed by atoms with Crippen molar-refractivity contribution < 1.29 is 22.7 Å². The first-order chi connectivity index (χ1) is 20.6. The molecule has 3 heterocycles. The molecule has 234 valence electrons. The predicted molar refractivity (Wildman–Crippen MR) is 172 cm³/mol. The van der Waals surface area contributed by atoms with E-state index in [-0.39, 0.29) is 42.3 Å². The molecular weight excluding hydrogens is 624 g/mol. The molecule has 1 aliphatic rings. The van der Waals surface area contributed by atoms with Crippen molar-refractivity contribution in [2.24, 2.45) is 0 Å². The molecule has 2 amide bonds. The number of fused-ring (bicyclic) bond motifs is 2. The highest BCUT2D eigenvalue weighted by atomic mass is 35.5. The summed E-state index contributed by atoms with van der Waals surface area (Å²) in [5.74, 6) is -0.0352. The minimum Gasteiger partial charge on any atom is -0.444 e. The number of amides is 2. The van der Waals surface area contributed by atoms with E-state index in [0.717, 1.165) is 27.0 Å². The van der Waals surface area contributed by atoms with Crippen LogP contribution in [-0.2, 0) is 26.1 Å². The number of ether oxygens (including phenoxy) is 1. The molecule has 1 atom stereocenters. The van der Waals surface area contributed by atoms with Crippen LogP contribution in [0.15, 0.2) is 53.0 Å². The van der Waals surface area contributed by atoms with Gasteiger partial charge in [-0.2, -0.15) is 4.31 Å². The smallest absolute Gasteiger partial charge is 0.410 e. The van der Waals surface area contributed by atoms with Crippen LogP contribution in [-0.4, -0.2) is 81.8 Å². The minimum absolute atomic E-state index is 0.0161. The van der Waals surface area contributed by atoms with Crippen molar-refractivity contribution in [3.05, 3.63) is 59.4 Å². The summed E-state index contributed by atoms with van der Waals surface area (Å²) in [6.07, 6.45) is 0.835. The summed E-state index contributed by atoms with van der Waals surface area (Å²) in [5, 5.41) is 1.94. The molecule has 2 aromatic carbocycles. The predicted octanol–water partition coefficient (Wildman–Crippen LogP) is 5.13. The highest BCUT2D eigenvalue weighted by Crippen LogP contribution is 2.34. The summed E-state index contributed by atoms with van der Waals surface area (Å²) in [7, 11) is -4.04. The Kier molecular flexibility index (Phi) is 8.78. The number of carbonyl (C=O) groups excluding carboxylic acids is 2. The lowest BCUT2D eigenvalue weighted by Crippen LogP contribution is -2.61. The van der Waals surface area contributed by atoms with Gasteiger partial charge in [-0.05, 0) is 75.9 Å². The van der Waals surface area contributed by atoms with Crippen LogP contribution in [0.2, 0.25) is 5.02 Å². The number of sulfonamides is 1. The van der Waals surface area contributed by atoms with Gasteiger partial charge in [0.2, 0.25) is 5.91 Å². The number of hydrogen-bond donors (Lipinski definition) is 1. The zero-order valence-corrected chi connectivity index (χ0v) is 27.5. The largest absolute Gasteiger partial charge is 0.444 e. The molecule has 5 rings (SSSR count). The number of aromatic nitrogens is 2. The van der Waals surface area contributed by atoms with E-state index in [2.05, 4.69) is 9.97 Å². The molecule has 0 spiro atoms. The van der Waals surface area contributed by atoms with E-state index in [1.807, 2.05) is 26.0 Å². The molecule has 2 aromatic heterocycles. The van der Waals surface area contributed by atoms with Crippen LogP contribution in [0.3, 0.4) is 0 Å². The lowest BCUT2D eigenvalue weighted by molar-refractivity contribution is -0.139. The molecule has 0 saturated carbocycles. The second kappa shape index (κ2) is 12.1. The summed E-state index contributed by atoms with van der Waals surface area (Å²) in [6.45, 7) is 8.93. The van der Waals surface area contributed by atoms with Crippen molar-refractivity contribution in [2.75, 3.05) is 25.4 Å². The van der Waals surface area contributed by atoms with E-state index in [0.29, 0.717) is 21.7 Å². The van der Waals surface area contributed by atoms with Gasteiger partial charge >= 0.3 is 6.09 Å². The van der Waals surface area contributed by atoms with Crippen molar-refractivity contribution in [2.45, 2.75) is 63.1 Å². The minimum atomic E-state index is -4.04. The highest BCUT2D eigenvalue weighted by molar-refractivity contribution is 7.91.